The minimum atomic E-state index is 0.336. The van der Waals surface area contributed by atoms with Crippen LogP contribution >= 0.6 is 11.6 Å². The highest BCUT2D eigenvalue weighted by atomic mass is 35.5. The van der Waals surface area contributed by atoms with Crippen LogP contribution in [0.25, 0.3) is 11.3 Å². The fraction of sp³-hybridized carbons (Fsp3) is 0.250. The van der Waals surface area contributed by atoms with Crippen molar-refractivity contribution in [3.8, 4) is 17.0 Å². The van der Waals surface area contributed by atoms with Gasteiger partial charge in [-0.15, -0.1) is 10.2 Å². The molecule has 0 saturated heterocycles. The summed E-state index contributed by atoms with van der Waals surface area (Å²) in [5, 5.41) is 8.43. The lowest BCUT2D eigenvalue weighted by Gasteiger charge is -2.08. The van der Waals surface area contributed by atoms with Gasteiger partial charge >= 0.3 is 0 Å². The fourth-order valence-corrected chi connectivity index (χ4v) is 1.78. The summed E-state index contributed by atoms with van der Waals surface area (Å²) in [6, 6.07) is 5.35. The molecule has 18 heavy (non-hydrogen) atoms. The number of rotatable bonds is 3. The molecule has 0 aliphatic carbocycles. The van der Waals surface area contributed by atoms with Crippen LogP contribution in [-0.2, 0) is 0 Å². The smallest absolute Gasteiger partial charge is 0.154 e. The molecule has 1 aromatic heterocycles. The van der Waals surface area contributed by atoms with Crippen molar-refractivity contribution in [3.05, 3.63) is 29.0 Å². The normalized spacial score (nSPS) is 10.4. The zero-order valence-electron chi connectivity index (χ0n) is 10.1. The average Bonchev–Trinajstić information content (AvgIpc) is 2.32. The second-order valence-electron chi connectivity index (χ2n) is 3.67. The minimum Gasteiger partial charge on any atom is -0.492 e. The summed E-state index contributed by atoms with van der Waals surface area (Å²) >= 11 is 6.11. The second kappa shape index (κ2) is 5.18. The molecule has 0 saturated carbocycles. The van der Waals surface area contributed by atoms with E-state index in [1.54, 1.807) is 19.1 Å². The van der Waals surface area contributed by atoms with E-state index in [9.17, 15) is 0 Å². The third kappa shape index (κ3) is 2.51. The van der Waals surface area contributed by atoms with E-state index in [-0.39, 0.29) is 0 Å². The number of hydrogen-bond donors (Lipinski definition) is 1. The summed E-state index contributed by atoms with van der Waals surface area (Å²) < 4.78 is 5.36. The molecule has 0 aliphatic heterocycles. The van der Waals surface area contributed by atoms with Gasteiger partial charge in [0.25, 0.3) is 0 Å². The molecule has 5 nitrogen and oxygen atoms in total. The molecule has 0 radical (unpaired) electrons. The Kier molecular flexibility index (Phi) is 3.62. The van der Waals surface area contributed by atoms with Crippen LogP contribution in [0.4, 0.5) is 5.82 Å². The largest absolute Gasteiger partial charge is 0.492 e. The number of aryl methyl sites for hydroxylation is 1. The van der Waals surface area contributed by atoms with Crippen LogP contribution in [0.2, 0.25) is 5.02 Å². The number of nitrogens with zero attached hydrogens (tertiary/aromatic N) is 3. The molecule has 2 aromatic rings. The quantitative estimate of drug-likeness (QED) is 0.922. The fourth-order valence-electron chi connectivity index (χ4n) is 1.55. The molecule has 0 aliphatic rings. The Morgan fingerprint density at radius 2 is 2.11 bits per heavy atom. The summed E-state index contributed by atoms with van der Waals surface area (Å²) in [5.74, 6) is 1.51. The molecule has 0 amide bonds. The molecular weight excluding hydrogens is 252 g/mol. The van der Waals surface area contributed by atoms with Crippen molar-refractivity contribution >= 4 is 17.4 Å². The summed E-state index contributed by atoms with van der Waals surface area (Å²) in [6.45, 7) is 4.20. The second-order valence-corrected chi connectivity index (χ2v) is 4.08. The van der Waals surface area contributed by atoms with E-state index in [0.717, 1.165) is 5.56 Å². The minimum absolute atomic E-state index is 0.336. The number of benzene rings is 1. The van der Waals surface area contributed by atoms with Crippen molar-refractivity contribution in [3.63, 3.8) is 0 Å². The van der Waals surface area contributed by atoms with Crippen molar-refractivity contribution in [1.82, 2.24) is 15.2 Å². The van der Waals surface area contributed by atoms with Crippen LogP contribution in [0.1, 0.15) is 12.7 Å². The van der Waals surface area contributed by atoms with Crippen LogP contribution in [-0.4, -0.2) is 21.8 Å². The highest BCUT2D eigenvalue weighted by Crippen LogP contribution is 2.30. The third-order valence-electron chi connectivity index (χ3n) is 2.32. The Balaban J connectivity index is 2.42. The van der Waals surface area contributed by atoms with Gasteiger partial charge in [0.2, 0.25) is 0 Å². The lowest BCUT2D eigenvalue weighted by Crippen LogP contribution is -2.02. The van der Waals surface area contributed by atoms with Crippen molar-refractivity contribution < 1.29 is 4.74 Å². The Labute approximate surface area is 110 Å². The van der Waals surface area contributed by atoms with E-state index in [1.165, 1.54) is 0 Å². The Morgan fingerprint density at radius 3 is 2.72 bits per heavy atom. The zero-order valence-corrected chi connectivity index (χ0v) is 10.9. The molecule has 2 N–H and O–H groups in total. The molecule has 6 heteroatoms. The summed E-state index contributed by atoms with van der Waals surface area (Å²) in [6.07, 6.45) is 0. The van der Waals surface area contributed by atoms with Crippen LogP contribution in [0.3, 0.4) is 0 Å². The molecule has 0 bridgehead atoms. The maximum Gasteiger partial charge on any atom is 0.154 e. The summed E-state index contributed by atoms with van der Waals surface area (Å²) in [4.78, 5) is 4.07. The van der Waals surface area contributed by atoms with E-state index >= 15 is 0 Å². The molecule has 0 unspecified atom stereocenters. The van der Waals surface area contributed by atoms with Gasteiger partial charge in [0.05, 0.1) is 11.6 Å². The van der Waals surface area contributed by atoms with Gasteiger partial charge in [-0.3, -0.25) is 0 Å². The number of hydrogen-bond acceptors (Lipinski definition) is 5. The predicted molar refractivity (Wildman–Crippen MR) is 70.6 cm³/mol. The SMILES string of the molecule is CCOc1ccc(-c2nnc(C)nc2N)cc1Cl. The van der Waals surface area contributed by atoms with E-state index in [1.807, 2.05) is 13.0 Å². The highest BCUT2D eigenvalue weighted by molar-refractivity contribution is 6.32. The van der Waals surface area contributed by atoms with E-state index in [2.05, 4.69) is 15.2 Å². The van der Waals surface area contributed by atoms with Crippen molar-refractivity contribution in [1.29, 1.82) is 0 Å². The first-order valence-corrected chi connectivity index (χ1v) is 5.89. The van der Waals surface area contributed by atoms with Gasteiger partial charge in [0.1, 0.15) is 17.3 Å². The highest BCUT2D eigenvalue weighted by Gasteiger charge is 2.10. The molecule has 1 aromatic carbocycles. The van der Waals surface area contributed by atoms with Crippen LogP contribution in [0.15, 0.2) is 18.2 Å². The number of halogens is 1. The zero-order chi connectivity index (χ0) is 13.1. The summed E-state index contributed by atoms with van der Waals surface area (Å²) in [5.41, 5.74) is 7.10. The summed E-state index contributed by atoms with van der Waals surface area (Å²) in [7, 11) is 0. The Morgan fingerprint density at radius 1 is 1.33 bits per heavy atom. The van der Waals surface area contributed by atoms with Crippen LogP contribution < -0.4 is 10.5 Å². The lowest BCUT2D eigenvalue weighted by molar-refractivity contribution is 0.340. The van der Waals surface area contributed by atoms with Gasteiger partial charge in [-0.05, 0) is 32.0 Å². The number of anilines is 1. The van der Waals surface area contributed by atoms with E-state index in [0.29, 0.717) is 34.7 Å². The first kappa shape index (κ1) is 12.6. The van der Waals surface area contributed by atoms with Gasteiger partial charge in [0, 0.05) is 5.56 Å². The van der Waals surface area contributed by atoms with Crippen LogP contribution in [0.5, 0.6) is 5.75 Å². The van der Waals surface area contributed by atoms with Gasteiger partial charge in [0.15, 0.2) is 5.82 Å². The van der Waals surface area contributed by atoms with Crippen LogP contribution in [0, 0.1) is 6.92 Å². The standard InChI is InChI=1S/C12H13ClN4O/c1-3-18-10-5-4-8(6-9(10)13)11-12(14)15-7(2)16-17-11/h4-6H,3H2,1-2H3,(H2,14,15,16). The van der Waals surface area contributed by atoms with E-state index in [4.69, 9.17) is 22.1 Å². The predicted octanol–water partition coefficient (Wildman–Crippen LogP) is 2.48. The molecule has 0 atom stereocenters. The number of nitrogen functional groups attached to an aromatic ring is 1. The molecule has 94 valence electrons. The third-order valence-corrected chi connectivity index (χ3v) is 2.62. The van der Waals surface area contributed by atoms with Gasteiger partial charge in [-0.2, -0.15) is 0 Å². The maximum absolute atomic E-state index is 6.11. The van der Waals surface area contributed by atoms with Crippen molar-refractivity contribution in [2.24, 2.45) is 0 Å². The average molecular weight is 265 g/mol. The molecule has 1 heterocycles. The van der Waals surface area contributed by atoms with Gasteiger partial charge in [-0.1, -0.05) is 11.6 Å². The Hall–Kier alpha value is -1.88. The lowest BCUT2D eigenvalue weighted by atomic mass is 10.1. The number of ether oxygens (including phenoxy) is 1. The van der Waals surface area contributed by atoms with Crippen molar-refractivity contribution in [2.45, 2.75) is 13.8 Å². The first-order chi connectivity index (χ1) is 8.61. The molecule has 2 rings (SSSR count). The molecular formula is C12H13ClN4O. The van der Waals surface area contributed by atoms with Gasteiger partial charge in [-0.25, -0.2) is 4.98 Å². The van der Waals surface area contributed by atoms with Gasteiger partial charge < -0.3 is 10.5 Å². The molecule has 0 spiro atoms. The first-order valence-electron chi connectivity index (χ1n) is 5.51. The Bertz CT molecular complexity index is 574. The monoisotopic (exact) mass is 264 g/mol. The number of aromatic nitrogens is 3. The van der Waals surface area contributed by atoms with E-state index < -0.39 is 0 Å². The maximum atomic E-state index is 6.11. The number of nitrogens with two attached hydrogens (primary N) is 1. The topological polar surface area (TPSA) is 73.9 Å². The molecule has 0 fully saturated rings. The van der Waals surface area contributed by atoms with Crippen molar-refractivity contribution in [2.75, 3.05) is 12.3 Å².